The van der Waals surface area contributed by atoms with Crippen molar-refractivity contribution in [2.75, 3.05) is 0 Å². The van der Waals surface area contributed by atoms with E-state index in [1.165, 1.54) is 18.4 Å². The molecule has 0 heterocycles. The van der Waals surface area contributed by atoms with Gasteiger partial charge in [-0.2, -0.15) is 0 Å². The number of hydrogen-bond donors (Lipinski definition) is 2. The number of rotatable bonds is 6. The molecule has 98 valence electrons. The lowest BCUT2D eigenvalue weighted by molar-refractivity contribution is -0.129. The third kappa shape index (κ3) is 3.57. The second-order valence-corrected chi connectivity index (χ2v) is 5.03. The number of aryl methyl sites for hydroxylation is 1. The smallest absolute Gasteiger partial charge is 0.253 e. The molecule has 1 atom stereocenters. The van der Waals surface area contributed by atoms with E-state index in [0.29, 0.717) is 5.56 Å². The van der Waals surface area contributed by atoms with E-state index in [1.54, 1.807) is 0 Å². The molecule has 1 aliphatic carbocycles. The molecule has 2 rings (SSSR count). The summed E-state index contributed by atoms with van der Waals surface area (Å²) in [5.41, 5.74) is 1.93. The first-order valence-corrected chi connectivity index (χ1v) is 6.78. The topological polar surface area (TPSA) is 49.3 Å². The van der Waals surface area contributed by atoms with Crippen molar-refractivity contribution in [1.82, 2.24) is 5.32 Å². The van der Waals surface area contributed by atoms with Gasteiger partial charge >= 0.3 is 0 Å². The lowest BCUT2D eigenvalue weighted by Gasteiger charge is -2.11. The zero-order valence-corrected chi connectivity index (χ0v) is 10.9. The van der Waals surface area contributed by atoms with Gasteiger partial charge in [0, 0.05) is 6.04 Å². The van der Waals surface area contributed by atoms with Crippen molar-refractivity contribution in [1.29, 1.82) is 0 Å². The van der Waals surface area contributed by atoms with E-state index in [-0.39, 0.29) is 11.9 Å². The maximum Gasteiger partial charge on any atom is 0.253 e. The van der Waals surface area contributed by atoms with Gasteiger partial charge in [-0.3, -0.25) is 4.79 Å². The standard InChI is InChI=1S/C15H21NO2/c1-2-3-4-11-5-7-12(8-6-11)14(17)15(18)16-13-9-10-13/h5-8,13-14,17H,2-4,9-10H2,1H3,(H,16,18). The first-order valence-electron chi connectivity index (χ1n) is 6.78. The molecule has 1 aromatic rings. The first kappa shape index (κ1) is 13.1. The van der Waals surface area contributed by atoms with Crippen LogP contribution in [0.3, 0.4) is 0 Å². The van der Waals surface area contributed by atoms with Crippen LogP contribution in [0.1, 0.15) is 49.8 Å². The van der Waals surface area contributed by atoms with Crippen LogP contribution in [0, 0.1) is 0 Å². The van der Waals surface area contributed by atoms with E-state index >= 15 is 0 Å². The van der Waals surface area contributed by atoms with Gasteiger partial charge in [0.25, 0.3) is 5.91 Å². The summed E-state index contributed by atoms with van der Waals surface area (Å²) in [5.74, 6) is -0.279. The summed E-state index contributed by atoms with van der Waals surface area (Å²) >= 11 is 0. The number of carbonyl (C=O) groups excluding carboxylic acids is 1. The quantitative estimate of drug-likeness (QED) is 0.810. The minimum Gasteiger partial charge on any atom is -0.378 e. The van der Waals surface area contributed by atoms with Crippen molar-refractivity contribution in [3.8, 4) is 0 Å². The minimum atomic E-state index is -1.04. The molecule has 0 aromatic heterocycles. The normalized spacial score (nSPS) is 16.3. The summed E-state index contributed by atoms with van der Waals surface area (Å²) in [6.45, 7) is 2.17. The van der Waals surface area contributed by atoms with Crippen molar-refractivity contribution < 1.29 is 9.90 Å². The number of amides is 1. The summed E-state index contributed by atoms with van der Waals surface area (Å²) in [6, 6.07) is 7.98. The molecule has 1 unspecified atom stereocenters. The first-order chi connectivity index (χ1) is 8.70. The minimum absolute atomic E-state index is 0.279. The van der Waals surface area contributed by atoms with Gasteiger partial charge in [0.15, 0.2) is 6.10 Å². The molecule has 3 nitrogen and oxygen atoms in total. The maximum atomic E-state index is 11.7. The molecule has 2 N–H and O–H groups in total. The summed E-state index contributed by atoms with van der Waals surface area (Å²) in [5, 5.41) is 12.7. The van der Waals surface area contributed by atoms with Crippen LogP contribution in [0.5, 0.6) is 0 Å². The molecule has 1 amide bonds. The number of nitrogens with one attached hydrogen (secondary N) is 1. The van der Waals surface area contributed by atoms with E-state index in [1.807, 2.05) is 24.3 Å². The third-order valence-electron chi connectivity index (χ3n) is 3.29. The van der Waals surface area contributed by atoms with Crippen LogP contribution in [0.15, 0.2) is 24.3 Å². The molecule has 0 aliphatic heterocycles. The van der Waals surface area contributed by atoms with Crippen molar-refractivity contribution in [3.05, 3.63) is 35.4 Å². The van der Waals surface area contributed by atoms with Crippen LogP contribution in [-0.2, 0) is 11.2 Å². The summed E-state index contributed by atoms with van der Waals surface area (Å²) in [6.07, 6.45) is 4.44. The van der Waals surface area contributed by atoms with Gasteiger partial charge in [0.2, 0.25) is 0 Å². The van der Waals surface area contributed by atoms with Crippen LogP contribution in [0.25, 0.3) is 0 Å². The van der Waals surface area contributed by atoms with E-state index < -0.39 is 6.10 Å². The van der Waals surface area contributed by atoms with Crippen molar-refractivity contribution >= 4 is 5.91 Å². The fourth-order valence-electron chi connectivity index (χ4n) is 1.91. The molecule has 18 heavy (non-hydrogen) atoms. The molecule has 1 aromatic carbocycles. The van der Waals surface area contributed by atoms with Crippen LogP contribution in [-0.4, -0.2) is 17.1 Å². The van der Waals surface area contributed by atoms with Crippen LogP contribution < -0.4 is 5.32 Å². The molecule has 1 fully saturated rings. The fourth-order valence-corrected chi connectivity index (χ4v) is 1.91. The van der Waals surface area contributed by atoms with E-state index in [9.17, 15) is 9.90 Å². The average Bonchev–Trinajstić information content (AvgIpc) is 3.20. The predicted molar refractivity (Wildman–Crippen MR) is 71.2 cm³/mol. The van der Waals surface area contributed by atoms with Gasteiger partial charge in [-0.05, 0) is 36.8 Å². The fraction of sp³-hybridized carbons (Fsp3) is 0.533. The molecule has 3 heteroatoms. The Kier molecular flexibility index (Phi) is 4.37. The maximum absolute atomic E-state index is 11.7. The van der Waals surface area contributed by atoms with Crippen LogP contribution >= 0.6 is 0 Å². The van der Waals surface area contributed by atoms with Crippen LogP contribution in [0.2, 0.25) is 0 Å². The SMILES string of the molecule is CCCCc1ccc(C(O)C(=O)NC2CC2)cc1. The highest BCUT2D eigenvalue weighted by molar-refractivity contribution is 5.82. The lowest BCUT2D eigenvalue weighted by atomic mass is 10.0. The van der Waals surface area contributed by atoms with E-state index in [0.717, 1.165) is 19.3 Å². The number of aliphatic hydroxyl groups excluding tert-OH is 1. The second kappa shape index (κ2) is 6.01. The molecule has 1 aliphatic rings. The Morgan fingerprint density at radius 1 is 1.39 bits per heavy atom. The number of benzene rings is 1. The molecular weight excluding hydrogens is 226 g/mol. The molecule has 0 bridgehead atoms. The zero-order chi connectivity index (χ0) is 13.0. The Morgan fingerprint density at radius 3 is 2.61 bits per heavy atom. The Labute approximate surface area is 108 Å². The van der Waals surface area contributed by atoms with Gasteiger partial charge in [-0.15, -0.1) is 0 Å². The molecule has 1 saturated carbocycles. The highest BCUT2D eigenvalue weighted by Gasteiger charge is 2.27. The Morgan fingerprint density at radius 2 is 2.06 bits per heavy atom. The Hall–Kier alpha value is -1.35. The number of unbranched alkanes of at least 4 members (excludes halogenated alkanes) is 1. The number of carbonyl (C=O) groups is 1. The van der Waals surface area contributed by atoms with Crippen molar-refractivity contribution in [2.45, 2.75) is 51.2 Å². The summed E-state index contributed by atoms with van der Waals surface area (Å²) in [7, 11) is 0. The van der Waals surface area contributed by atoms with Gasteiger partial charge < -0.3 is 10.4 Å². The molecular formula is C15H21NO2. The van der Waals surface area contributed by atoms with E-state index in [4.69, 9.17) is 0 Å². The van der Waals surface area contributed by atoms with Crippen molar-refractivity contribution in [2.24, 2.45) is 0 Å². The zero-order valence-electron chi connectivity index (χ0n) is 10.9. The predicted octanol–water partition coefficient (Wildman–Crippen LogP) is 2.34. The highest BCUT2D eigenvalue weighted by atomic mass is 16.3. The third-order valence-corrected chi connectivity index (χ3v) is 3.29. The van der Waals surface area contributed by atoms with Gasteiger partial charge in [-0.25, -0.2) is 0 Å². The summed E-state index contributed by atoms with van der Waals surface area (Å²) in [4.78, 5) is 11.7. The summed E-state index contributed by atoms with van der Waals surface area (Å²) < 4.78 is 0. The Bertz CT molecular complexity index is 395. The lowest BCUT2D eigenvalue weighted by Crippen LogP contribution is -2.30. The average molecular weight is 247 g/mol. The van der Waals surface area contributed by atoms with Crippen molar-refractivity contribution in [3.63, 3.8) is 0 Å². The van der Waals surface area contributed by atoms with Gasteiger partial charge in [0.1, 0.15) is 0 Å². The molecule has 0 saturated heterocycles. The second-order valence-electron chi connectivity index (χ2n) is 5.03. The van der Waals surface area contributed by atoms with Gasteiger partial charge in [-0.1, -0.05) is 37.6 Å². The largest absolute Gasteiger partial charge is 0.378 e. The van der Waals surface area contributed by atoms with Crippen LogP contribution in [0.4, 0.5) is 0 Å². The highest BCUT2D eigenvalue weighted by Crippen LogP contribution is 2.21. The number of hydrogen-bond acceptors (Lipinski definition) is 2. The van der Waals surface area contributed by atoms with E-state index in [2.05, 4.69) is 12.2 Å². The Balaban J connectivity index is 1.92. The molecule has 0 radical (unpaired) electrons. The molecule has 0 spiro atoms. The number of aliphatic hydroxyl groups is 1. The monoisotopic (exact) mass is 247 g/mol. The van der Waals surface area contributed by atoms with Gasteiger partial charge in [0.05, 0.1) is 0 Å².